The van der Waals surface area contributed by atoms with Crippen molar-refractivity contribution in [3.63, 3.8) is 0 Å². The number of nitrogens with two attached hydrogens (primary N) is 1. The van der Waals surface area contributed by atoms with E-state index in [1.807, 2.05) is 28.2 Å². The highest BCUT2D eigenvalue weighted by atomic mass is 35.5. The number of hydrogen-bond acceptors (Lipinski definition) is 8. The van der Waals surface area contributed by atoms with Crippen LogP contribution in [0.15, 0.2) is 35.3 Å². The molecule has 0 radical (unpaired) electrons. The van der Waals surface area contributed by atoms with E-state index in [-0.39, 0.29) is 35.6 Å². The molecule has 3 aromatic rings. The number of alkyl halides is 1. The van der Waals surface area contributed by atoms with Crippen LogP contribution in [0.5, 0.6) is 0 Å². The molecule has 0 bridgehead atoms. The zero-order chi connectivity index (χ0) is 27.3. The number of aromatic nitrogens is 4. The number of nitrogen functional groups attached to an aromatic ring is 1. The number of nitrogens with one attached hydrogen (secondary N) is 3. The number of amidine groups is 1. The molecule has 37 heavy (non-hydrogen) atoms. The van der Waals surface area contributed by atoms with Gasteiger partial charge in [0.25, 0.3) is 17.3 Å². The van der Waals surface area contributed by atoms with E-state index in [4.69, 9.17) is 17.3 Å². The average molecular weight is 531 g/mol. The van der Waals surface area contributed by atoms with E-state index >= 15 is 0 Å². The lowest BCUT2D eigenvalue weighted by Gasteiger charge is -2.20. The molecule has 3 rings (SSSR count). The fraction of sp³-hybridized carbons (Fsp3) is 0.348. The third-order valence-electron chi connectivity index (χ3n) is 5.35. The first-order valence-electron chi connectivity index (χ1n) is 11.2. The summed E-state index contributed by atoms with van der Waals surface area (Å²) in [5.41, 5.74) is 6.72. The number of carbonyl (C=O) groups is 2. The summed E-state index contributed by atoms with van der Waals surface area (Å²) in [6.07, 6.45) is 1.49. The van der Waals surface area contributed by atoms with Gasteiger partial charge in [0.05, 0.1) is 46.6 Å². The summed E-state index contributed by atoms with van der Waals surface area (Å²) < 4.78 is 1.80. The van der Waals surface area contributed by atoms with Gasteiger partial charge in [-0.1, -0.05) is 0 Å². The summed E-state index contributed by atoms with van der Waals surface area (Å²) in [5, 5.41) is 14.7. The largest absolute Gasteiger partial charge is 0.480 e. The van der Waals surface area contributed by atoms with Crippen LogP contribution < -0.4 is 21.9 Å². The lowest BCUT2D eigenvalue weighted by molar-refractivity contribution is -0.470. The Morgan fingerprint density at radius 1 is 1.22 bits per heavy atom. The van der Waals surface area contributed by atoms with Gasteiger partial charge in [0.15, 0.2) is 11.2 Å². The van der Waals surface area contributed by atoms with Crippen molar-refractivity contribution in [1.82, 2.24) is 30.2 Å². The molecule has 0 spiro atoms. The molecule has 0 aliphatic heterocycles. The van der Waals surface area contributed by atoms with Crippen LogP contribution in [-0.4, -0.2) is 91.8 Å². The van der Waals surface area contributed by atoms with E-state index in [0.29, 0.717) is 11.4 Å². The van der Waals surface area contributed by atoms with Crippen LogP contribution in [-0.2, 0) is 11.3 Å². The summed E-state index contributed by atoms with van der Waals surface area (Å²) in [4.78, 5) is 53.0. The molecule has 1 unspecified atom stereocenters. The van der Waals surface area contributed by atoms with Gasteiger partial charge in [-0.15, -0.1) is 11.6 Å². The molecule has 0 saturated heterocycles. The molecule has 2 atom stereocenters. The number of nitrogens with zero attached hydrogens (tertiary/aromatic N) is 5. The number of aliphatic carboxylic acids is 1. The first-order valence-corrected chi connectivity index (χ1v) is 11.6. The van der Waals surface area contributed by atoms with Crippen LogP contribution in [0.3, 0.4) is 0 Å². The van der Waals surface area contributed by atoms with Gasteiger partial charge in [0.1, 0.15) is 11.4 Å². The Balaban J connectivity index is 1.64. The molecule has 0 aliphatic rings. The third-order valence-corrected chi connectivity index (χ3v) is 5.72. The molecule has 0 aliphatic carbocycles. The molecular formula is C23H29ClN9O4+. The van der Waals surface area contributed by atoms with E-state index < -0.39 is 28.9 Å². The SMILES string of the molecule is CN(C)C(C(Cl)C[C@H](NC(=O)c1ccc(NCc2cnc3nc(N)[nH]c(=O)c3n2)cc1)C(=O)O)=[N+](C)C. The number of amides is 1. The van der Waals surface area contributed by atoms with Crippen molar-refractivity contribution in [2.75, 3.05) is 39.2 Å². The normalized spacial score (nSPS) is 12.5. The van der Waals surface area contributed by atoms with Gasteiger partial charge in [-0.3, -0.25) is 24.0 Å². The van der Waals surface area contributed by atoms with Crippen molar-refractivity contribution >= 4 is 52.1 Å². The summed E-state index contributed by atoms with van der Waals surface area (Å²) in [5.74, 6) is -1.03. The number of H-pyrrole nitrogens is 1. The number of hydrogen-bond donors (Lipinski definition) is 5. The van der Waals surface area contributed by atoms with Crippen molar-refractivity contribution in [2.24, 2.45) is 0 Å². The smallest absolute Gasteiger partial charge is 0.326 e. The number of carboxylic acid groups (broad SMARTS) is 1. The highest BCUT2D eigenvalue weighted by molar-refractivity contribution is 6.31. The second kappa shape index (κ2) is 11.6. The monoisotopic (exact) mass is 530 g/mol. The average Bonchev–Trinajstić information content (AvgIpc) is 2.82. The van der Waals surface area contributed by atoms with Gasteiger partial charge in [-0.25, -0.2) is 14.8 Å². The van der Waals surface area contributed by atoms with Crippen molar-refractivity contribution in [1.29, 1.82) is 0 Å². The molecule has 14 heteroatoms. The predicted molar refractivity (Wildman–Crippen MR) is 140 cm³/mol. The molecule has 2 heterocycles. The van der Waals surface area contributed by atoms with Crippen LogP contribution in [0, 0.1) is 0 Å². The Labute approximate surface area is 217 Å². The lowest BCUT2D eigenvalue weighted by atomic mass is 10.1. The highest BCUT2D eigenvalue weighted by Crippen LogP contribution is 2.14. The van der Waals surface area contributed by atoms with Gasteiger partial charge in [-0.2, -0.15) is 4.98 Å². The summed E-state index contributed by atoms with van der Waals surface area (Å²) in [6.45, 7) is 0.257. The van der Waals surface area contributed by atoms with Gasteiger partial charge in [0.2, 0.25) is 5.95 Å². The summed E-state index contributed by atoms with van der Waals surface area (Å²) in [7, 11) is 7.26. The van der Waals surface area contributed by atoms with E-state index in [2.05, 4.69) is 30.6 Å². The van der Waals surface area contributed by atoms with Gasteiger partial charge in [-0.05, 0) is 24.3 Å². The number of aromatic amines is 1. The molecule has 196 valence electrons. The molecule has 0 fully saturated rings. The van der Waals surface area contributed by atoms with Crippen LogP contribution in [0.1, 0.15) is 22.5 Å². The molecule has 0 saturated carbocycles. The van der Waals surface area contributed by atoms with Crippen LogP contribution >= 0.6 is 11.6 Å². The third kappa shape index (κ3) is 6.91. The van der Waals surface area contributed by atoms with Gasteiger partial charge >= 0.3 is 5.97 Å². The number of benzene rings is 1. The molecule has 6 N–H and O–H groups in total. The first-order chi connectivity index (χ1) is 17.5. The Kier molecular flexibility index (Phi) is 8.60. The Bertz CT molecular complexity index is 1390. The zero-order valence-corrected chi connectivity index (χ0v) is 21.6. The quantitative estimate of drug-likeness (QED) is 0.112. The van der Waals surface area contributed by atoms with E-state index in [0.717, 1.165) is 5.84 Å². The zero-order valence-electron chi connectivity index (χ0n) is 20.8. The number of carboxylic acids is 1. The maximum Gasteiger partial charge on any atom is 0.326 e. The highest BCUT2D eigenvalue weighted by Gasteiger charge is 2.30. The fourth-order valence-electron chi connectivity index (χ4n) is 3.72. The number of carbonyl (C=O) groups excluding carboxylic acids is 1. The Morgan fingerprint density at radius 2 is 1.89 bits per heavy atom. The minimum Gasteiger partial charge on any atom is -0.480 e. The first kappa shape index (κ1) is 27.3. The van der Waals surface area contributed by atoms with Crippen LogP contribution in [0.4, 0.5) is 11.6 Å². The molecule has 2 aromatic heterocycles. The second-order valence-electron chi connectivity index (χ2n) is 8.63. The number of anilines is 2. The molecule has 13 nitrogen and oxygen atoms in total. The molecular weight excluding hydrogens is 502 g/mol. The topological polar surface area (TPSA) is 182 Å². The lowest BCUT2D eigenvalue weighted by Crippen LogP contribution is -2.46. The standard InChI is InChI=1S/C23H28ClN9O4/c1-32(2)21(33(3)4)15(24)9-16(22(36)37)29-19(34)12-5-7-13(8-6-12)26-10-14-11-27-18-17(28-14)20(35)31-23(25)30-18/h5-8,11,15-16H,9-10H2,1-4H3,(H5-,25,26,27,29,30,31,34,35,36,37)/p+1/t15?,16-/m0/s1. The van der Waals surface area contributed by atoms with E-state index in [1.54, 1.807) is 33.7 Å². The number of rotatable bonds is 9. The minimum atomic E-state index is -1.18. The van der Waals surface area contributed by atoms with Crippen LogP contribution in [0.25, 0.3) is 11.2 Å². The summed E-state index contributed by atoms with van der Waals surface area (Å²) >= 11 is 6.48. The van der Waals surface area contributed by atoms with Gasteiger partial charge < -0.3 is 21.5 Å². The second-order valence-corrected chi connectivity index (χ2v) is 9.16. The maximum absolute atomic E-state index is 12.7. The van der Waals surface area contributed by atoms with E-state index in [9.17, 15) is 19.5 Å². The summed E-state index contributed by atoms with van der Waals surface area (Å²) in [6, 6.07) is 5.29. The predicted octanol–water partition coefficient (Wildman–Crippen LogP) is 0.320. The Hall–Kier alpha value is -4.26. The van der Waals surface area contributed by atoms with Crippen molar-refractivity contribution in [3.8, 4) is 0 Å². The van der Waals surface area contributed by atoms with Crippen LogP contribution in [0.2, 0.25) is 0 Å². The number of halogens is 1. The number of fused-ring (bicyclic) bond motifs is 1. The maximum atomic E-state index is 12.7. The van der Waals surface area contributed by atoms with Crippen molar-refractivity contribution in [2.45, 2.75) is 24.4 Å². The minimum absolute atomic E-state index is 0.00566. The molecule has 1 aromatic carbocycles. The van der Waals surface area contributed by atoms with Gasteiger partial charge in [0, 0.05) is 17.7 Å². The fourth-order valence-corrected chi connectivity index (χ4v) is 4.29. The van der Waals surface area contributed by atoms with Crippen molar-refractivity contribution in [3.05, 3.63) is 52.1 Å². The Morgan fingerprint density at radius 3 is 2.49 bits per heavy atom. The molecule has 1 amide bonds. The van der Waals surface area contributed by atoms with Crippen molar-refractivity contribution < 1.29 is 19.3 Å². The van der Waals surface area contributed by atoms with E-state index in [1.165, 1.54) is 6.20 Å².